The molecule has 1 aliphatic heterocycles. The standard InChI is InChI=1S/C22H30N2S/c1-22(2,3)25-20-14-8-7-12-18(20)16-24-19-13-9-15-23-21(19)17-10-5-4-6-11-17/h4-8,10-12,14,19,21,23-24H,9,13,15-16H2,1-3H3/t19-,21-/m1/s1. The van der Waals surface area contributed by atoms with Crippen LogP contribution in [0, 0.1) is 0 Å². The number of hydrogen-bond acceptors (Lipinski definition) is 3. The van der Waals surface area contributed by atoms with Crippen molar-refractivity contribution in [2.24, 2.45) is 0 Å². The lowest BCUT2D eigenvalue weighted by atomic mass is 9.92. The summed E-state index contributed by atoms with van der Waals surface area (Å²) in [6.07, 6.45) is 2.46. The lowest BCUT2D eigenvalue weighted by molar-refractivity contribution is 0.304. The average Bonchev–Trinajstić information content (AvgIpc) is 2.61. The lowest BCUT2D eigenvalue weighted by Gasteiger charge is -2.34. The molecule has 0 unspecified atom stereocenters. The van der Waals surface area contributed by atoms with Crippen molar-refractivity contribution in [2.45, 2.75) is 61.9 Å². The van der Waals surface area contributed by atoms with E-state index in [2.05, 4.69) is 86.0 Å². The van der Waals surface area contributed by atoms with Gasteiger partial charge in [0.25, 0.3) is 0 Å². The van der Waals surface area contributed by atoms with Gasteiger partial charge in [0.1, 0.15) is 0 Å². The minimum Gasteiger partial charge on any atom is -0.309 e. The molecule has 1 saturated heterocycles. The van der Waals surface area contributed by atoms with E-state index < -0.39 is 0 Å². The van der Waals surface area contributed by atoms with Gasteiger partial charge in [-0.15, -0.1) is 11.8 Å². The van der Waals surface area contributed by atoms with E-state index in [1.165, 1.54) is 28.9 Å². The Labute approximate surface area is 156 Å². The van der Waals surface area contributed by atoms with Crippen LogP contribution < -0.4 is 10.6 Å². The van der Waals surface area contributed by atoms with E-state index in [0.717, 1.165) is 13.1 Å². The predicted molar refractivity (Wildman–Crippen MR) is 109 cm³/mol. The van der Waals surface area contributed by atoms with Crippen molar-refractivity contribution in [3.8, 4) is 0 Å². The summed E-state index contributed by atoms with van der Waals surface area (Å²) in [6, 6.07) is 20.5. The minimum atomic E-state index is 0.231. The summed E-state index contributed by atoms with van der Waals surface area (Å²) < 4.78 is 0.231. The van der Waals surface area contributed by atoms with Crippen LogP contribution in [0.25, 0.3) is 0 Å². The third kappa shape index (κ3) is 5.34. The molecular formula is C22H30N2S. The van der Waals surface area contributed by atoms with Crippen LogP contribution in [0.1, 0.15) is 50.8 Å². The molecule has 2 atom stereocenters. The maximum absolute atomic E-state index is 3.84. The van der Waals surface area contributed by atoms with Crippen LogP contribution in [0.4, 0.5) is 0 Å². The molecule has 0 radical (unpaired) electrons. The van der Waals surface area contributed by atoms with Gasteiger partial charge >= 0.3 is 0 Å². The summed E-state index contributed by atoms with van der Waals surface area (Å²) in [5, 5.41) is 7.54. The van der Waals surface area contributed by atoms with Crippen molar-refractivity contribution in [3.63, 3.8) is 0 Å². The van der Waals surface area contributed by atoms with Gasteiger partial charge in [-0.1, -0.05) is 69.3 Å². The molecule has 0 amide bonds. The third-order valence-corrected chi connectivity index (χ3v) is 5.79. The van der Waals surface area contributed by atoms with Gasteiger partial charge in [-0.3, -0.25) is 0 Å². The van der Waals surface area contributed by atoms with E-state index in [1.54, 1.807) is 0 Å². The monoisotopic (exact) mass is 354 g/mol. The maximum atomic E-state index is 3.84. The van der Waals surface area contributed by atoms with Gasteiger partial charge in [-0.2, -0.15) is 0 Å². The zero-order valence-corrected chi connectivity index (χ0v) is 16.4. The molecule has 1 heterocycles. The molecule has 0 spiro atoms. The van der Waals surface area contributed by atoms with Crippen molar-refractivity contribution >= 4 is 11.8 Å². The molecule has 2 nitrogen and oxygen atoms in total. The van der Waals surface area contributed by atoms with E-state index in [0.29, 0.717) is 12.1 Å². The Balaban J connectivity index is 1.70. The molecule has 3 heteroatoms. The Kier molecular flexibility index (Phi) is 6.21. The summed E-state index contributed by atoms with van der Waals surface area (Å²) in [4.78, 5) is 1.39. The number of benzene rings is 2. The fourth-order valence-electron chi connectivity index (χ4n) is 3.44. The number of thioether (sulfide) groups is 1. The van der Waals surface area contributed by atoms with Crippen LogP contribution in [0.15, 0.2) is 59.5 Å². The molecule has 0 aliphatic carbocycles. The van der Waals surface area contributed by atoms with Gasteiger partial charge < -0.3 is 10.6 Å². The van der Waals surface area contributed by atoms with Gasteiger partial charge in [0.05, 0.1) is 0 Å². The fraction of sp³-hybridized carbons (Fsp3) is 0.455. The second-order valence-corrected chi connectivity index (χ2v) is 9.66. The number of rotatable bonds is 5. The highest BCUT2D eigenvalue weighted by molar-refractivity contribution is 8.00. The molecule has 0 bridgehead atoms. The Hall–Kier alpha value is -1.29. The molecule has 1 fully saturated rings. The highest BCUT2D eigenvalue weighted by Gasteiger charge is 2.25. The first kappa shape index (κ1) is 18.5. The zero-order chi connectivity index (χ0) is 17.7. The Morgan fingerprint density at radius 1 is 1.04 bits per heavy atom. The predicted octanol–water partition coefficient (Wildman–Crippen LogP) is 5.16. The van der Waals surface area contributed by atoms with Crippen molar-refractivity contribution in [2.75, 3.05) is 6.54 Å². The van der Waals surface area contributed by atoms with Crippen LogP contribution in [0.2, 0.25) is 0 Å². The summed E-state index contributed by atoms with van der Waals surface area (Å²) in [5.41, 5.74) is 2.79. The average molecular weight is 355 g/mol. The van der Waals surface area contributed by atoms with E-state index >= 15 is 0 Å². The second kappa shape index (κ2) is 8.39. The fourth-order valence-corrected chi connectivity index (χ4v) is 4.52. The Morgan fingerprint density at radius 2 is 1.76 bits per heavy atom. The van der Waals surface area contributed by atoms with Gasteiger partial charge in [0.15, 0.2) is 0 Å². The molecule has 1 aliphatic rings. The van der Waals surface area contributed by atoms with Gasteiger partial charge in [0.2, 0.25) is 0 Å². The van der Waals surface area contributed by atoms with Gasteiger partial charge in [-0.05, 0) is 36.6 Å². The largest absolute Gasteiger partial charge is 0.309 e. The highest BCUT2D eigenvalue weighted by Crippen LogP contribution is 2.34. The van der Waals surface area contributed by atoms with E-state index in [-0.39, 0.29) is 4.75 Å². The summed E-state index contributed by atoms with van der Waals surface area (Å²) >= 11 is 1.96. The topological polar surface area (TPSA) is 24.1 Å². The minimum absolute atomic E-state index is 0.231. The van der Waals surface area contributed by atoms with Crippen molar-refractivity contribution in [1.82, 2.24) is 10.6 Å². The van der Waals surface area contributed by atoms with Crippen LogP contribution >= 0.6 is 11.8 Å². The van der Waals surface area contributed by atoms with E-state index in [1.807, 2.05) is 11.8 Å². The molecule has 2 aromatic rings. The van der Waals surface area contributed by atoms with Crippen molar-refractivity contribution in [3.05, 3.63) is 65.7 Å². The smallest absolute Gasteiger partial charge is 0.0476 e. The Morgan fingerprint density at radius 3 is 2.52 bits per heavy atom. The third-order valence-electron chi connectivity index (χ3n) is 4.56. The molecule has 3 rings (SSSR count). The quantitative estimate of drug-likeness (QED) is 0.725. The summed E-state index contributed by atoms with van der Waals surface area (Å²) in [7, 11) is 0. The number of hydrogen-bond donors (Lipinski definition) is 2. The summed E-state index contributed by atoms with van der Waals surface area (Å²) in [5.74, 6) is 0. The maximum Gasteiger partial charge on any atom is 0.0476 e. The SMILES string of the molecule is CC(C)(C)Sc1ccccc1CN[C@@H]1CCCN[C@@H]1c1ccccc1. The molecular weight excluding hydrogens is 324 g/mol. The van der Waals surface area contributed by atoms with Crippen LogP contribution in [-0.2, 0) is 6.54 Å². The first-order valence-electron chi connectivity index (χ1n) is 9.31. The first-order valence-corrected chi connectivity index (χ1v) is 10.1. The van der Waals surface area contributed by atoms with Crippen molar-refractivity contribution in [1.29, 1.82) is 0 Å². The zero-order valence-electron chi connectivity index (χ0n) is 15.6. The normalized spacial score (nSPS) is 21.2. The summed E-state index contributed by atoms with van der Waals surface area (Å²) in [6.45, 7) is 8.86. The number of piperidine rings is 1. The Bertz CT molecular complexity index is 663. The second-order valence-electron chi connectivity index (χ2n) is 7.79. The lowest BCUT2D eigenvalue weighted by Crippen LogP contribution is -2.45. The first-order chi connectivity index (χ1) is 12.0. The highest BCUT2D eigenvalue weighted by atomic mass is 32.2. The molecule has 2 aromatic carbocycles. The van der Waals surface area contributed by atoms with E-state index in [9.17, 15) is 0 Å². The van der Waals surface area contributed by atoms with Crippen molar-refractivity contribution < 1.29 is 0 Å². The molecule has 0 aromatic heterocycles. The number of nitrogens with one attached hydrogen (secondary N) is 2. The molecule has 134 valence electrons. The van der Waals surface area contributed by atoms with Crippen LogP contribution in [-0.4, -0.2) is 17.3 Å². The van der Waals surface area contributed by atoms with Crippen LogP contribution in [0.3, 0.4) is 0 Å². The van der Waals surface area contributed by atoms with Crippen LogP contribution in [0.5, 0.6) is 0 Å². The van der Waals surface area contributed by atoms with Gasteiger partial charge in [0, 0.05) is 28.3 Å². The van der Waals surface area contributed by atoms with E-state index in [4.69, 9.17) is 0 Å². The molecule has 25 heavy (non-hydrogen) atoms. The van der Waals surface area contributed by atoms with Gasteiger partial charge in [-0.25, -0.2) is 0 Å². The molecule has 2 N–H and O–H groups in total. The molecule has 0 saturated carbocycles.